The number of halogens is 1. The minimum Gasteiger partial charge on any atom is -1.00 e. The monoisotopic (exact) mass is 502 g/mol. The molecule has 28 heavy (non-hydrogen) atoms. The number of alkyl halides is 1. The summed E-state index contributed by atoms with van der Waals surface area (Å²) >= 11 is 3.18. The number of ether oxygens (including phenoxy) is 1. The van der Waals surface area contributed by atoms with E-state index in [1.165, 1.54) is 32.1 Å². The van der Waals surface area contributed by atoms with E-state index in [4.69, 9.17) is 4.74 Å². The predicted octanol–water partition coefficient (Wildman–Crippen LogP) is 0.130. The van der Waals surface area contributed by atoms with E-state index in [-0.39, 0.29) is 20.3 Å². The standard InChI is InChI=1S/C5H12.C4H10BrNO2S.C4H9NO2S.C4H8O.Li.H/c1-3-5-4-2;1-9(7,8)6-4-2-3-5;6-8(7)4-2-1-3-5-8;1-2-4-5-3-1;;/h3-5H2,1-2H3;6H,2-4H2,1H3;5H,1-4H2;1-4H2;;/q;;;;+1;-1. The van der Waals surface area contributed by atoms with Gasteiger partial charge in [-0.25, -0.2) is 26.3 Å². The van der Waals surface area contributed by atoms with Crippen molar-refractivity contribution in [3.8, 4) is 0 Å². The van der Waals surface area contributed by atoms with Gasteiger partial charge in [0.2, 0.25) is 20.0 Å². The van der Waals surface area contributed by atoms with Gasteiger partial charge in [0.25, 0.3) is 0 Å². The van der Waals surface area contributed by atoms with E-state index in [1.54, 1.807) is 0 Å². The molecule has 2 fully saturated rings. The fourth-order valence-electron chi connectivity index (χ4n) is 1.91. The summed E-state index contributed by atoms with van der Waals surface area (Å²) in [5, 5.41) is 0.829. The predicted molar refractivity (Wildman–Crippen MR) is 119 cm³/mol. The van der Waals surface area contributed by atoms with Crippen molar-refractivity contribution < 1.29 is 41.9 Å². The summed E-state index contributed by atoms with van der Waals surface area (Å²) in [6.45, 7) is 7.57. The molecule has 0 aromatic heterocycles. The van der Waals surface area contributed by atoms with Gasteiger partial charge in [0.05, 0.1) is 12.0 Å². The average Bonchev–Trinajstić information content (AvgIpc) is 3.15. The topological polar surface area (TPSA) is 102 Å². The van der Waals surface area contributed by atoms with Crippen LogP contribution in [-0.4, -0.2) is 60.5 Å². The minimum atomic E-state index is -2.97. The molecule has 0 bridgehead atoms. The zero-order chi connectivity index (χ0) is 21.0. The molecule has 0 amide bonds. The third-order valence-corrected chi connectivity index (χ3v) is 6.13. The maximum Gasteiger partial charge on any atom is 1.00 e. The van der Waals surface area contributed by atoms with E-state index < -0.39 is 20.0 Å². The molecule has 2 saturated heterocycles. The molecule has 168 valence electrons. The summed E-state index contributed by atoms with van der Waals surface area (Å²) in [6.07, 6.45) is 10.4. The molecule has 0 aliphatic carbocycles. The van der Waals surface area contributed by atoms with Crippen molar-refractivity contribution in [2.45, 2.75) is 65.2 Å². The SMILES string of the molecule is C1CCOC1.CCCCC.CS(=O)(=O)NCCCBr.O=S1(=O)CCCCN1.[H-].[Li+]. The summed E-state index contributed by atoms with van der Waals surface area (Å²) in [5.74, 6) is 0.312. The van der Waals surface area contributed by atoms with Crippen LogP contribution in [0.25, 0.3) is 0 Å². The molecular weight excluding hydrogens is 463 g/mol. The summed E-state index contributed by atoms with van der Waals surface area (Å²) < 4.78 is 51.6. The third-order valence-electron chi connectivity index (χ3n) is 3.37. The Morgan fingerprint density at radius 1 is 1.07 bits per heavy atom. The second kappa shape index (κ2) is 22.5. The first kappa shape index (κ1) is 33.5. The Bertz CT molecular complexity index is 500. The largest absolute Gasteiger partial charge is 1.00 e. The molecule has 0 radical (unpaired) electrons. The van der Waals surface area contributed by atoms with Crippen molar-refractivity contribution in [2.75, 3.05) is 43.6 Å². The first-order chi connectivity index (χ1) is 12.7. The summed E-state index contributed by atoms with van der Waals surface area (Å²) in [5.41, 5.74) is 0. The van der Waals surface area contributed by atoms with Crippen molar-refractivity contribution in [3.63, 3.8) is 0 Å². The number of rotatable bonds is 6. The molecule has 0 unspecified atom stereocenters. The molecule has 0 saturated carbocycles. The second-order valence-corrected chi connectivity index (χ2v) is 10.9. The van der Waals surface area contributed by atoms with Gasteiger partial charge in [-0.3, -0.25) is 0 Å². The molecular formula is C17H40BrLiN2O5S2. The fraction of sp³-hybridized carbons (Fsp3) is 1.00. The van der Waals surface area contributed by atoms with Crippen molar-refractivity contribution in [3.05, 3.63) is 0 Å². The normalized spacial score (nSPS) is 17.4. The zero-order valence-electron chi connectivity index (χ0n) is 19.1. The van der Waals surface area contributed by atoms with Crippen LogP contribution in [0.4, 0.5) is 0 Å². The molecule has 2 N–H and O–H groups in total. The maximum atomic E-state index is 10.5. The first-order valence-corrected chi connectivity index (χ1v) is 14.4. The number of sulfonamides is 2. The Morgan fingerprint density at radius 2 is 1.64 bits per heavy atom. The van der Waals surface area contributed by atoms with Crippen LogP contribution in [0.3, 0.4) is 0 Å². The quantitative estimate of drug-likeness (QED) is 0.305. The molecule has 2 aliphatic heterocycles. The van der Waals surface area contributed by atoms with Gasteiger partial charge in [0.1, 0.15) is 0 Å². The molecule has 7 nitrogen and oxygen atoms in total. The number of hydrogen-bond donors (Lipinski definition) is 2. The van der Waals surface area contributed by atoms with Gasteiger partial charge in [-0.05, 0) is 32.1 Å². The van der Waals surface area contributed by atoms with Crippen molar-refractivity contribution in [2.24, 2.45) is 0 Å². The number of hydrogen-bond acceptors (Lipinski definition) is 5. The molecule has 2 rings (SSSR count). The van der Waals surface area contributed by atoms with Crippen LogP contribution >= 0.6 is 15.9 Å². The van der Waals surface area contributed by atoms with Crippen molar-refractivity contribution in [1.82, 2.24) is 9.44 Å². The van der Waals surface area contributed by atoms with Crippen molar-refractivity contribution in [1.29, 1.82) is 0 Å². The number of unbranched alkanes of at least 4 members (excludes halogenated alkanes) is 2. The Labute approximate surface area is 195 Å². The van der Waals surface area contributed by atoms with Crippen LogP contribution in [0.1, 0.15) is 66.6 Å². The van der Waals surface area contributed by atoms with E-state index in [2.05, 4.69) is 39.2 Å². The van der Waals surface area contributed by atoms with Crippen LogP contribution in [0.2, 0.25) is 0 Å². The van der Waals surface area contributed by atoms with Gasteiger partial charge in [0, 0.05) is 31.6 Å². The van der Waals surface area contributed by atoms with E-state index >= 15 is 0 Å². The molecule has 0 aromatic rings. The Kier molecular flexibility index (Phi) is 27.0. The van der Waals surface area contributed by atoms with Crippen molar-refractivity contribution >= 4 is 36.0 Å². The summed E-state index contributed by atoms with van der Waals surface area (Å²) in [7, 11) is -5.80. The van der Waals surface area contributed by atoms with Crippen LogP contribution in [0.5, 0.6) is 0 Å². The van der Waals surface area contributed by atoms with Crippen LogP contribution < -0.4 is 28.3 Å². The van der Waals surface area contributed by atoms with Gasteiger partial charge >= 0.3 is 18.9 Å². The van der Waals surface area contributed by atoms with Gasteiger partial charge in [-0.1, -0.05) is 49.0 Å². The van der Waals surface area contributed by atoms with Crippen LogP contribution in [0, 0.1) is 0 Å². The van der Waals surface area contributed by atoms with E-state index in [9.17, 15) is 16.8 Å². The maximum absolute atomic E-state index is 10.5. The first-order valence-electron chi connectivity index (χ1n) is 9.74. The van der Waals surface area contributed by atoms with Crippen LogP contribution in [-0.2, 0) is 24.8 Å². The zero-order valence-corrected chi connectivity index (χ0v) is 21.4. The van der Waals surface area contributed by atoms with Gasteiger partial charge in [-0.2, -0.15) is 0 Å². The van der Waals surface area contributed by atoms with Gasteiger partial charge in [-0.15, -0.1) is 0 Å². The van der Waals surface area contributed by atoms with E-state index in [0.717, 1.165) is 44.1 Å². The second-order valence-electron chi connectivity index (χ2n) is 6.30. The Balaban J connectivity index is -0.000000144. The van der Waals surface area contributed by atoms with E-state index in [0.29, 0.717) is 18.8 Å². The minimum absolute atomic E-state index is 0. The van der Waals surface area contributed by atoms with Crippen LogP contribution in [0.15, 0.2) is 0 Å². The van der Waals surface area contributed by atoms with E-state index in [1.807, 2.05) is 0 Å². The smallest absolute Gasteiger partial charge is 1.00 e. The molecule has 2 aliphatic rings. The average molecular weight is 503 g/mol. The number of nitrogens with one attached hydrogen (secondary N) is 2. The summed E-state index contributed by atoms with van der Waals surface area (Å²) in [6, 6.07) is 0. The Morgan fingerprint density at radius 3 is 1.86 bits per heavy atom. The summed E-state index contributed by atoms with van der Waals surface area (Å²) in [4.78, 5) is 0. The third kappa shape index (κ3) is 31.5. The molecule has 2 heterocycles. The fourth-order valence-corrected chi connectivity index (χ4v) is 3.88. The molecule has 0 spiro atoms. The van der Waals surface area contributed by atoms with Gasteiger partial charge < -0.3 is 6.16 Å². The Hall–Kier alpha value is 0.857. The molecule has 0 aromatic carbocycles. The molecule has 11 heteroatoms. The molecule has 0 atom stereocenters. The van der Waals surface area contributed by atoms with Gasteiger partial charge in [0.15, 0.2) is 0 Å².